The maximum absolute atomic E-state index is 10.7. The number of nitro benzene ring substituents is 1. The van der Waals surface area contributed by atoms with Gasteiger partial charge in [0.05, 0.1) is 11.3 Å². The number of hydrogen-bond acceptors (Lipinski definition) is 4. The Morgan fingerprint density at radius 2 is 2.24 bits per heavy atom. The lowest BCUT2D eigenvalue weighted by Crippen LogP contribution is -2.17. The van der Waals surface area contributed by atoms with E-state index in [9.17, 15) is 14.9 Å². The molecule has 1 unspecified atom stereocenters. The second-order valence-corrected chi connectivity index (χ2v) is 3.75. The van der Waals surface area contributed by atoms with Crippen LogP contribution in [0.15, 0.2) is 18.2 Å². The molecule has 0 aliphatic carbocycles. The van der Waals surface area contributed by atoms with Gasteiger partial charge >= 0.3 is 11.7 Å². The number of carboxylic acid groups (broad SMARTS) is 1. The topological polar surface area (TPSA) is 89.7 Å². The van der Waals surface area contributed by atoms with Gasteiger partial charge in [-0.05, 0) is 25.5 Å². The third kappa shape index (κ3) is 3.75. The van der Waals surface area contributed by atoms with E-state index in [2.05, 4.69) is 0 Å². The van der Waals surface area contributed by atoms with E-state index in [1.165, 1.54) is 12.1 Å². The minimum absolute atomic E-state index is 0.101. The van der Waals surface area contributed by atoms with E-state index in [1.54, 1.807) is 19.9 Å². The van der Waals surface area contributed by atoms with E-state index in [4.69, 9.17) is 9.84 Å². The first-order chi connectivity index (χ1) is 7.90. The summed E-state index contributed by atoms with van der Waals surface area (Å²) in [6.07, 6.45) is -0.821. The molecule has 0 radical (unpaired) electrons. The van der Waals surface area contributed by atoms with Gasteiger partial charge in [0, 0.05) is 6.07 Å². The highest BCUT2D eigenvalue weighted by Gasteiger charge is 2.18. The Labute approximate surface area is 98.0 Å². The molecule has 1 aromatic carbocycles. The Bertz CT molecular complexity index is 443. The number of hydrogen-bond donors (Lipinski definition) is 1. The Balaban J connectivity index is 2.92. The van der Waals surface area contributed by atoms with E-state index in [0.717, 1.165) is 5.56 Å². The Kier molecular flexibility index (Phi) is 4.03. The summed E-state index contributed by atoms with van der Waals surface area (Å²) in [6.45, 7) is 3.33. The molecule has 0 bridgehead atoms. The number of rotatable bonds is 5. The van der Waals surface area contributed by atoms with E-state index in [-0.39, 0.29) is 17.9 Å². The minimum atomic E-state index is -1.01. The summed E-state index contributed by atoms with van der Waals surface area (Å²) < 4.78 is 5.28. The number of carboxylic acids is 1. The smallest absolute Gasteiger partial charge is 0.310 e. The number of aliphatic carboxylic acids is 1. The van der Waals surface area contributed by atoms with Crippen molar-refractivity contribution in [2.45, 2.75) is 26.4 Å². The zero-order valence-electron chi connectivity index (χ0n) is 9.54. The normalized spacial score (nSPS) is 11.9. The van der Waals surface area contributed by atoms with Crippen LogP contribution in [0.1, 0.15) is 18.9 Å². The van der Waals surface area contributed by atoms with Crippen LogP contribution in [0, 0.1) is 17.0 Å². The summed E-state index contributed by atoms with van der Waals surface area (Å²) in [4.78, 5) is 20.7. The summed E-state index contributed by atoms with van der Waals surface area (Å²) in [5.74, 6) is -0.906. The van der Waals surface area contributed by atoms with Crippen LogP contribution in [0.2, 0.25) is 0 Å². The first kappa shape index (κ1) is 13.0. The zero-order valence-corrected chi connectivity index (χ0v) is 9.54. The molecule has 0 amide bonds. The van der Waals surface area contributed by atoms with Gasteiger partial charge in [-0.25, -0.2) is 0 Å². The predicted molar refractivity (Wildman–Crippen MR) is 60.2 cm³/mol. The van der Waals surface area contributed by atoms with Crippen LogP contribution in [0.5, 0.6) is 5.75 Å². The van der Waals surface area contributed by atoms with Gasteiger partial charge in [-0.1, -0.05) is 6.07 Å². The molecule has 0 aliphatic rings. The van der Waals surface area contributed by atoms with Gasteiger partial charge in [-0.15, -0.1) is 0 Å². The fourth-order valence-corrected chi connectivity index (χ4v) is 1.37. The maximum Gasteiger partial charge on any atom is 0.310 e. The van der Waals surface area contributed by atoms with Crippen LogP contribution < -0.4 is 4.74 Å². The Morgan fingerprint density at radius 1 is 1.59 bits per heavy atom. The molecule has 0 fully saturated rings. The van der Waals surface area contributed by atoms with E-state index < -0.39 is 17.0 Å². The van der Waals surface area contributed by atoms with Crippen LogP contribution in [-0.4, -0.2) is 22.1 Å². The highest BCUT2D eigenvalue weighted by atomic mass is 16.6. The van der Waals surface area contributed by atoms with Crippen LogP contribution in [-0.2, 0) is 4.79 Å². The summed E-state index contributed by atoms with van der Waals surface area (Å²) in [5.41, 5.74) is 0.654. The predicted octanol–water partition coefficient (Wildman–Crippen LogP) is 2.15. The molecule has 1 aromatic rings. The third-order valence-electron chi connectivity index (χ3n) is 2.10. The number of benzene rings is 1. The Hall–Kier alpha value is -2.11. The minimum Gasteiger partial charge on any atom is -0.483 e. The van der Waals surface area contributed by atoms with Crippen molar-refractivity contribution in [1.29, 1.82) is 0 Å². The SMILES string of the molecule is Cc1ccc([N+](=O)[O-])c(OC(C)CC(=O)O)c1. The van der Waals surface area contributed by atoms with Crippen molar-refractivity contribution in [2.75, 3.05) is 0 Å². The number of aryl methyl sites for hydroxylation is 1. The summed E-state index contributed by atoms with van der Waals surface area (Å²) in [5, 5.41) is 19.3. The van der Waals surface area contributed by atoms with Crippen molar-refractivity contribution in [2.24, 2.45) is 0 Å². The number of carbonyl (C=O) groups is 1. The van der Waals surface area contributed by atoms with Crippen molar-refractivity contribution in [3.05, 3.63) is 33.9 Å². The molecule has 6 heteroatoms. The lowest BCUT2D eigenvalue weighted by molar-refractivity contribution is -0.386. The van der Waals surface area contributed by atoms with Gasteiger partial charge in [-0.3, -0.25) is 14.9 Å². The van der Waals surface area contributed by atoms with Crippen molar-refractivity contribution < 1.29 is 19.6 Å². The first-order valence-corrected chi connectivity index (χ1v) is 5.03. The second-order valence-electron chi connectivity index (χ2n) is 3.75. The second kappa shape index (κ2) is 5.29. The van der Waals surface area contributed by atoms with Crippen LogP contribution in [0.25, 0.3) is 0 Å². The monoisotopic (exact) mass is 239 g/mol. The lowest BCUT2D eigenvalue weighted by atomic mass is 10.2. The highest BCUT2D eigenvalue weighted by molar-refractivity contribution is 5.67. The quantitative estimate of drug-likeness (QED) is 0.628. The molecular weight excluding hydrogens is 226 g/mol. The number of ether oxygens (including phenoxy) is 1. The third-order valence-corrected chi connectivity index (χ3v) is 2.10. The molecule has 17 heavy (non-hydrogen) atoms. The highest BCUT2D eigenvalue weighted by Crippen LogP contribution is 2.28. The van der Waals surface area contributed by atoms with Gasteiger partial charge in [0.1, 0.15) is 6.10 Å². The molecule has 0 saturated carbocycles. The van der Waals surface area contributed by atoms with E-state index in [0.29, 0.717) is 0 Å². The Morgan fingerprint density at radius 3 is 2.76 bits per heavy atom. The van der Waals surface area contributed by atoms with Gasteiger partial charge in [-0.2, -0.15) is 0 Å². The number of nitro groups is 1. The average Bonchev–Trinajstić information content (AvgIpc) is 2.15. The average molecular weight is 239 g/mol. The fraction of sp³-hybridized carbons (Fsp3) is 0.364. The van der Waals surface area contributed by atoms with Crippen molar-refractivity contribution in [3.63, 3.8) is 0 Å². The van der Waals surface area contributed by atoms with Crippen LogP contribution in [0.3, 0.4) is 0 Å². The maximum atomic E-state index is 10.7. The molecule has 0 saturated heterocycles. The summed E-state index contributed by atoms with van der Waals surface area (Å²) in [7, 11) is 0. The standard InChI is InChI=1S/C11H13NO5/c1-7-3-4-9(12(15)16)10(5-7)17-8(2)6-11(13)14/h3-5,8H,6H2,1-2H3,(H,13,14). The molecule has 0 aliphatic heterocycles. The first-order valence-electron chi connectivity index (χ1n) is 5.03. The molecule has 0 aromatic heterocycles. The number of nitrogens with zero attached hydrogens (tertiary/aromatic N) is 1. The van der Waals surface area contributed by atoms with Crippen LogP contribution in [0.4, 0.5) is 5.69 Å². The van der Waals surface area contributed by atoms with E-state index >= 15 is 0 Å². The summed E-state index contributed by atoms with van der Waals surface area (Å²) >= 11 is 0. The molecule has 6 nitrogen and oxygen atoms in total. The molecule has 1 atom stereocenters. The molecule has 92 valence electrons. The molecule has 0 heterocycles. The fourth-order valence-electron chi connectivity index (χ4n) is 1.37. The van der Waals surface area contributed by atoms with Crippen molar-refractivity contribution in [1.82, 2.24) is 0 Å². The van der Waals surface area contributed by atoms with Gasteiger partial charge in [0.2, 0.25) is 0 Å². The van der Waals surface area contributed by atoms with Crippen LogP contribution >= 0.6 is 0 Å². The zero-order chi connectivity index (χ0) is 13.0. The van der Waals surface area contributed by atoms with Crippen molar-refractivity contribution in [3.8, 4) is 5.75 Å². The largest absolute Gasteiger partial charge is 0.483 e. The van der Waals surface area contributed by atoms with Gasteiger partial charge in [0.15, 0.2) is 5.75 Å². The lowest BCUT2D eigenvalue weighted by Gasteiger charge is -2.12. The molecule has 1 rings (SSSR count). The van der Waals surface area contributed by atoms with E-state index in [1.807, 2.05) is 0 Å². The van der Waals surface area contributed by atoms with Gasteiger partial charge < -0.3 is 9.84 Å². The molecular formula is C11H13NO5. The van der Waals surface area contributed by atoms with Gasteiger partial charge in [0.25, 0.3) is 0 Å². The van der Waals surface area contributed by atoms with Crippen molar-refractivity contribution >= 4 is 11.7 Å². The molecule has 1 N–H and O–H groups in total. The molecule has 0 spiro atoms. The summed E-state index contributed by atoms with van der Waals surface area (Å²) in [6, 6.07) is 4.47.